The van der Waals surface area contributed by atoms with E-state index in [9.17, 15) is 4.79 Å². The highest BCUT2D eigenvalue weighted by molar-refractivity contribution is 6.30. The topological polar surface area (TPSA) is 64.2 Å². The van der Waals surface area contributed by atoms with Crippen molar-refractivity contribution in [3.8, 4) is 11.5 Å². The van der Waals surface area contributed by atoms with E-state index < -0.39 is 0 Å². The molecular formula is C24H21ClN2O3. The van der Waals surface area contributed by atoms with Crippen molar-refractivity contribution in [3.63, 3.8) is 0 Å². The molecule has 1 heterocycles. The highest BCUT2D eigenvalue weighted by atomic mass is 35.5. The first-order chi connectivity index (χ1) is 14.6. The standard InChI is InChI=1S/C24H21ClN2O3/c1-29-24(28)14-17(16-7-9-18(25)10-8-16)13-23-26-21-12-11-20(15-22(21)27-23)30-19-5-3-2-4-6-19/h2-12,15,17H,13-14H2,1H3,(H,26,27). The number of imidazole rings is 1. The molecule has 0 radical (unpaired) electrons. The predicted octanol–water partition coefficient (Wildman–Crippen LogP) is 5.90. The molecule has 0 amide bonds. The van der Waals surface area contributed by atoms with Gasteiger partial charge in [-0.05, 0) is 42.0 Å². The zero-order valence-electron chi connectivity index (χ0n) is 16.5. The van der Waals surface area contributed by atoms with Crippen LogP contribution in [0.1, 0.15) is 23.7 Å². The van der Waals surface area contributed by atoms with Gasteiger partial charge in [0, 0.05) is 23.4 Å². The summed E-state index contributed by atoms with van der Waals surface area (Å²) in [6, 6.07) is 22.9. The molecule has 0 spiro atoms. The number of nitrogens with one attached hydrogen (secondary N) is 1. The van der Waals surface area contributed by atoms with Crippen LogP contribution in [0.4, 0.5) is 0 Å². The lowest BCUT2D eigenvalue weighted by Crippen LogP contribution is -2.12. The van der Waals surface area contributed by atoms with Gasteiger partial charge >= 0.3 is 5.97 Å². The molecule has 0 aliphatic carbocycles. The van der Waals surface area contributed by atoms with Gasteiger partial charge in [-0.3, -0.25) is 4.79 Å². The lowest BCUT2D eigenvalue weighted by atomic mass is 9.92. The van der Waals surface area contributed by atoms with E-state index >= 15 is 0 Å². The van der Waals surface area contributed by atoms with Crippen molar-refractivity contribution < 1.29 is 14.3 Å². The Labute approximate surface area is 179 Å². The summed E-state index contributed by atoms with van der Waals surface area (Å²) >= 11 is 6.01. The number of methoxy groups -OCH3 is 1. The summed E-state index contributed by atoms with van der Waals surface area (Å²) in [4.78, 5) is 20.0. The smallest absolute Gasteiger partial charge is 0.306 e. The Bertz CT molecular complexity index is 1140. The number of ether oxygens (including phenoxy) is 2. The number of benzene rings is 3. The maximum atomic E-state index is 11.9. The Morgan fingerprint density at radius 1 is 1.03 bits per heavy atom. The van der Waals surface area contributed by atoms with Crippen molar-refractivity contribution >= 4 is 28.6 Å². The minimum absolute atomic E-state index is 0.0738. The van der Waals surface area contributed by atoms with E-state index in [1.54, 1.807) is 0 Å². The number of hydrogen-bond donors (Lipinski definition) is 1. The third-order valence-electron chi connectivity index (χ3n) is 4.90. The Hall–Kier alpha value is -3.31. The van der Waals surface area contributed by atoms with E-state index in [0.29, 0.717) is 11.4 Å². The summed E-state index contributed by atoms with van der Waals surface area (Å²) in [6.07, 6.45) is 0.831. The number of carbonyl (C=O) groups excluding carboxylic acids is 1. The number of fused-ring (bicyclic) bond motifs is 1. The third kappa shape index (κ3) is 4.81. The molecule has 0 saturated heterocycles. The molecular weight excluding hydrogens is 400 g/mol. The SMILES string of the molecule is COC(=O)CC(Cc1nc2ccc(Oc3ccccc3)cc2[nH]1)c1ccc(Cl)cc1. The first kappa shape index (κ1) is 20.0. The van der Waals surface area contributed by atoms with E-state index in [4.69, 9.17) is 21.1 Å². The number of esters is 1. The second-order valence-corrected chi connectivity index (χ2v) is 7.45. The fraction of sp³-hybridized carbons (Fsp3) is 0.167. The van der Waals surface area contributed by atoms with Crippen LogP contribution in [-0.2, 0) is 16.0 Å². The zero-order valence-corrected chi connectivity index (χ0v) is 17.2. The molecule has 30 heavy (non-hydrogen) atoms. The highest BCUT2D eigenvalue weighted by Gasteiger charge is 2.19. The van der Waals surface area contributed by atoms with Crippen LogP contribution in [0.2, 0.25) is 5.02 Å². The number of nitrogens with zero attached hydrogens (tertiary/aromatic N) is 1. The van der Waals surface area contributed by atoms with Crippen molar-refractivity contribution in [1.29, 1.82) is 0 Å². The summed E-state index contributed by atoms with van der Waals surface area (Å²) in [7, 11) is 1.40. The van der Waals surface area contributed by atoms with Gasteiger partial charge in [-0.2, -0.15) is 0 Å². The van der Waals surface area contributed by atoms with Crippen LogP contribution >= 0.6 is 11.6 Å². The van der Waals surface area contributed by atoms with Crippen LogP contribution < -0.4 is 4.74 Å². The maximum Gasteiger partial charge on any atom is 0.306 e. The van der Waals surface area contributed by atoms with Gasteiger partial charge in [0.1, 0.15) is 17.3 Å². The van der Waals surface area contributed by atoms with Crippen molar-refractivity contribution in [2.24, 2.45) is 0 Å². The summed E-state index contributed by atoms with van der Waals surface area (Å²) in [6.45, 7) is 0. The van der Waals surface area contributed by atoms with Gasteiger partial charge < -0.3 is 14.5 Å². The third-order valence-corrected chi connectivity index (χ3v) is 5.16. The summed E-state index contributed by atoms with van der Waals surface area (Å²) in [5, 5.41) is 0.658. The average molecular weight is 421 g/mol. The van der Waals surface area contributed by atoms with Crippen molar-refractivity contribution in [2.75, 3.05) is 7.11 Å². The highest BCUT2D eigenvalue weighted by Crippen LogP contribution is 2.28. The largest absolute Gasteiger partial charge is 0.469 e. The number of aromatic nitrogens is 2. The first-order valence-corrected chi connectivity index (χ1v) is 10.0. The van der Waals surface area contributed by atoms with E-state index in [2.05, 4.69) is 9.97 Å². The van der Waals surface area contributed by atoms with Gasteiger partial charge in [-0.15, -0.1) is 0 Å². The van der Waals surface area contributed by atoms with Crippen LogP contribution in [-0.4, -0.2) is 23.0 Å². The molecule has 3 aromatic carbocycles. The van der Waals surface area contributed by atoms with Crippen molar-refractivity contribution in [1.82, 2.24) is 9.97 Å². The number of rotatable bonds is 7. The Morgan fingerprint density at radius 2 is 1.80 bits per heavy atom. The zero-order chi connectivity index (χ0) is 20.9. The van der Waals surface area contributed by atoms with Gasteiger partial charge in [-0.25, -0.2) is 4.98 Å². The molecule has 1 unspecified atom stereocenters. The molecule has 0 saturated carbocycles. The summed E-state index contributed by atoms with van der Waals surface area (Å²) in [5.41, 5.74) is 2.74. The number of para-hydroxylation sites is 1. The second-order valence-electron chi connectivity index (χ2n) is 7.01. The number of H-pyrrole nitrogens is 1. The number of hydrogen-bond acceptors (Lipinski definition) is 4. The van der Waals surface area contributed by atoms with Gasteiger partial charge in [0.25, 0.3) is 0 Å². The minimum Gasteiger partial charge on any atom is -0.469 e. The van der Waals surface area contributed by atoms with Crippen LogP contribution in [0, 0.1) is 0 Å². The molecule has 152 valence electrons. The maximum absolute atomic E-state index is 11.9. The van der Waals surface area contributed by atoms with Gasteiger partial charge in [0.2, 0.25) is 0 Å². The van der Waals surface area contributed by atoms with Crippen LogP contribution in [0.15, 0.2) is 72.8 Å². The molecule has 1 atom stereocenters. The molecule has 0 aliphatic rings. The molecule has 4 aromatic rings. The predicted molar refractivity (Wildman–Crippen MR) is 117 cm³/mol. The van der Waals surface area contributed by atoms with Crippen molar-refractivity contribution in [3.05, 3.63) is 89.2 Å². The van der Waals surface area contributed by atoms with E-state index in [1.807, 2.05) is 72.8 Å². The molecule has 6 heteroatoms. The first-order valence-electron chi connectivity index (χ1n) is 9.64. The molecule has 0 fully saturated rings. The lowest BCUT2D eigenvalue weighted by Gasteiger charge is -2.15. The molecule has 5 nitrogen and oxygen atoms in total. The van der Waals surface area contributed by atoms with E-state index in [-0.39, 0.29) is 18.3 Å². The summed E-state index contributed by atoms with van der Waals surface area (Å²) in [5.74, 6) is 1.97. The quantitative estimate of drug-likeness (QED) is 0.378. The van der Waals surface area contributed by atoms with Crippen LogP contribution in [0.5, 0.6) is 11.5 Å². The van der Waals surface area contributed by atoms with Gasteiger partial charge in [-0.1, -0.05) is 41.9 Å². The van der Waals surface area contributed by atoms with E-state index in [1.165, 1.54) is 7.11 Å². The fourth-order valence-electron chi connectivity index (χ4n) is 3.39. The molecule has 1 N–H and O–H groups in total. The lowest BCUT2D eigenvalue weighted by molar-refractivity contribution is -0.141. The molecule has 1 aromatic heterocycles. The number of aromatic amines is 1. The normalized spacial score (nSPS) is 11.9. The van der Waals surface area contributed by atoms with Crippen molar-refractivity contribution in [2.45, 2.75) is 18.8 Å². The summed E-state index contributed by atoms with van der Waals surface area (Å²) < 4.78 is 10.8. The van der Waals surface area contributed by atoms with Crippen LogP contribution in [0.25, 0.3) is 11.0 Å². The van der Waals surface area contributed by atoms with E-state index in [0.717, 1.165) is 33.9 Å². The number of carbonyl (C=O) groups is 1. The Morgan fingerprint density at radius 3 is 2.53 bits per heavy atom. The second kappa shape index (κ2) is 9.01. The molecule has 4 rings (SSSR count). The monoisotopic (exact) mass is 420 g/mol. The van der Waals surface area contributed by atoms with Gasteiger partial charge in [0.05, 0.1) is 24.6 Å². The Kier molecular flexibility index (Phi) is 6.00. The fourth-order valence-corrected chi connectivity index (χ4v) is 3.51. The molecule has 0 aliphatic heterocycles. The van der Waals surface area contributed by atoms with Crippen LogP contribution in [0.3, 0.4) is 0 Å². The van der Waals surface area contributed by atoms with Gasteiger partial charge in [0.15, 0.2) is 0 Å². The minimum atomic E-state index is -0.260. The average Bonchev–Trinajstić information content (AvgIpc) is 3.16. The Balaban J connectivity index is 1.57. The molecule has 0 bridgehead atoms. The number of halogens is 1.